The molecule has 1 saturated carbocycles. The van der Waals surface area contributed by atoms with Gasteiger partial charge in [-0.1, -0.05) is 0 Å². The maximum atomic E-state index is 13.7. The Hall–Kier alpha value is -4.08. The molecule has 4 amide bonds. The molecular weight excluding hydrogens is 762 g/mol. The van der Waals surface area contributed by atoms with Crippen molar-refractivity contribution in [2.45, 2.75) is 120 Å². The average Bonchev–Trinajstić information content (AvgIpc) is 3.33. The van der Waals surface area contributed by atoms with Crippen LogP contribution < -0.4 is 15.5 Å². The van der Waals surface area contributed by atoms with Crippen molar-refractivity contribution in [3.8, 4) is 6.07 Å². The van der Waals surface area contributed by atoms with Crippen molar-refractivity contribution in [2.24, 2.45) is 0 Å². The summed E-state index contributed by atoms with van der Waals surface area (Å²) >= 11 is 4.76. The summed E-state index contributed by atoms with van der Waals surface area (Å²) in [7, 11) is 0. The number of hydrogen-bond donors (Lipinski definition) is 3. The molecule has 6 rings (SSSR count). The summed E-state index contributed by atoms with van der Waals surface area (Å²) in [6.07, 6.45) is 1.48. The van der Waals surface area contributed by atoms with E-state index in [9.17, 15) is 37.6 Å². The number of hydrogen-bond acceptors (Lipinski definition) is 11. The highest BCUT2D eigenvalue weighted by Gasteiger charge is 2.54. The van der Waals surface area contributed by atoms with Gasteiger partial charge < -0.3 is 15.0 Å². The second-order valence-corrected chi connectivity index (χ2v) is 16.6. The number of thiol groups is 1. The van der Waals surface area contributed by atoms with Crippen LogP contribution in [-0.4, -0.2) is 111 Å². The van der Waals surface area contributed by atoms with Gasteiger partial charge in [0.1, 0.15) is 5.50 Å². The van der Waals surface area contributed by atoms with Crippen LogP contribution in [0.4, 0.5) is 24.5 Å². The van der Waals surface area contributed by atoms with Crippen molar-refractivity contribution >= 4 is 47.6 Å². The van der Waals surface area contributed by atoms with Gasteiger partial charge in [0.05, 0.1) is 58.9 Å². The Labute approximate surface area is 336 Å². The number of benzene rings is 1. The summed E-state index contributed by atoms with van der Waals surface area (Å²) in [6, 6.07) is 8.65. The van der Waals surface area contributed by atoms with Crippen molar-refractivity contribution in [1.82, 2.24) is 25.0 Å². The molecule has 2 aromatic rings. The number of nitriles is 1. The fourth-order valence-corrected chi connectivity index (χ4v) is 9.56. The first-order chi connectivity index (χ1) is 27.0. The lowest BCUT2D eigenvalue weighted by molar-refractivity contribution is -0.138. The number of amides is 4. The van der Waals surface area contributed by atoms with Gasteiger partial charge in [0.15, 0.2) is 0 Å². The molecule has 0 spiro atoms. The van der Waals surface area contributed by atoms with Gasteiger partial charge in [0, 0.05) is 56.5 Å². The van der Waals surface area contributed by atoms with E-state index in [0.717, 1.165) is 63.9 Å². The third-order valence-corrected chi connectivity index (χ3v) is 12.2. The molecule has 0 bridgehead atoms. The van der Waals surface area contributed by atoms with Crippen LogP contribution in [0.25, 0.3) is 0 Å². The Bertz CT molecular complexity index is 1850. The van der Waals surface area contributed by atoms with E-state index in [1.54, 1.807) is 32.0 Å². The van der Waals surface area contributed by atoms with E-state index in [4.69, 9.17) is 17.4 Å². The molecule has 0 radical (unpaired) electrons. The number of anilines is 2. The van der Waals surface area contributed by atoms with E-state index >= 15 is 0 Å². The van der Waals surface area contributed by atoms with Crippen molar-refractivity contribution in [3.63, 3.8) is 0 Å². The number of carbonyl (C=O) groups is 4. The number of nitrogens with one attached hydrogen (secondary N) is 2. The minimum atomic E-state index is -4.74. The number of carbonyl (C=O) groups excluding carboxylic acids is 4. The Morgan fingerprint density at radius 2 is 1.77 bits per heavy atom. The molecule has 2 N–H and O–H groups in total. The normalized spacial score (nSPS) is 27.6. The molecule has 4 heterocycles. The molecule has 13 nitrogen and oxygen atoms in total. The van der Waals surface area contributed by atoms with Crippen LogP contribution in [0.15, 0.2) is 36.5 Å². The lowest BCUT2D eigenvalue weighted by Gasteiger charge is -2.44. The van der Waals surface area contributed by atoms with Gasteiger partial charge in [-0.25, -0.2) is 0 Å². The number of alkyl halides is 3. The molecular formula is C40H51F3N8O5S. The van der Waals surface area contributed by atoms with E-state index < -0.39 is 34.3 Å². The molecule has 1 aromatic heterocycles. The topological polar surface area (TPSA) is 151 Å². The molecule has 3 aliphatic heterocycles. The predicted octanol–water partition coefficient (Wildman–Crippen LogP) is 4.88. The number of ether oxygens (including phenoxy) is 1. The summed E-state index contributed by atoms with van der Waals surface area (Å²) in [4.78, 5) is 62.5. The molecule has 4 atom stereocenters. The molecule has 4 fully saturated rings. The molecule has 17 heteroatoms. The second-order valence-electron chi connectivity index (χ2n) is 16.1. The fourth-order valence-electron chi connectivity index (χ4n) is 8.85. The maximum Gasteiger partial charge on any atom is 0.417 e. The third-order valence-electron chi connectivity index (χ3n) is 11.8. The first-order valence-electron chi connectivity index (χ1n) is 19.6. The monoisotopic (exact) mass is 812 g/mol. The molecule has 2 unspecified atom stereocenters. The van der Waals surface area contributed by atoms with Crippen LogP contribution in [0.2, 0.25) is 0 Å². The summed E-state index contributed by atoms with van der Waals surface area (Å²) in [5.74, 6) is -1.60. The van der Waals surface area contributed by atoms with Crippen LogP contribution in [0.3, 0.4) is 0 Å². The third kappa shape index (κ3) is 9.46. The highest BCUT2D eigenvalue weighted by Crippen LogP contribution is 2.43. The van der Waals surface area contributed by atoms with Gasteiger partial charge in [-0.15, -0.1) is 12.6 Å². The average molecular weight is 813 g/mol. The predicted molar refractivity (Wildman–Crippen MR) is 209 cm³/mol. The van der Waals surface area contributed by atoms with E-state index in [-0.39, 0.29) is 66.5 Å². The van der Waals surface area contributed by atoms with E-state index in [1.807, 2.05) is 4.90 Å². The van der Waals surface area contributed by atoms with Gasteiger partial charge in [0.25, 0.3) is 0 Å². The number of aromatic nitrogens is 1. The highest BCUT2D eigenvalue weighted by atomic mass is 32.1. The number of imide groups is 1. The Balaban J connectivity index is 0.917. The van der Waals surface area contributed by atoms with E-state index in [0.29, 0.717) is 24.4 Å². The van der Waals surface area contributed by atoms with Crippen LogP contribution in [0, 0.1) is 11.3 Å². The first-order valence-corrected chi connectivity index (χ1v) is 20.1. The standard InChI is InChI=1S/C40H51F3N8O5S/c1-24-21-48(22-25(2)49(24)23-35(53)46-27-7-14-33(45-20-27)31-13-15-34(52)47-36(31)54)16-5-17-56-30-11-9-28(10-12-30)51-38(57)50(37(55)39(51,3)4)29-8-6-26(19-44)32(18-29)40(41,42)43/h6-8,14,18,20,24-25,28,30-31,38,57H,5,9-13,15-17,21-23H2,1-4H3,(H,46,53)(H,47,52,54)/t24-,25+,28?,30?,31?,38?. The van der Waals surface area contributed by atoms with Crippen molar-refractivity contribution in [1.29, 1.82) is 5.26 Å². The second kappa shape index (κ2) is 17.4. The highest BCUT2D eigenvalue weighted by molar-refractivity contribution is 7.81. The minimum absolute atomic E-state index is 0.0136. The van der Waals surface area contributed by atoms with Gasteiger partial charge in [-0.05, 0) is 96.6 Å². The van der Waals surface area contributed by atoms with Crippen LogP contribution in [-0.2, 0) is 30.1 Å². The Morgan fingerprint density at radius 1 is 1.07 bits per heavy atom. The quantitative estimate of drug-likeness (QED) is 0.163. The lowest BCUT2D eigenvalue weighted by Crippen LogP contribution is -2.58. The van der Waals surface area contributed by atoms with Crippen molar-refractivity contribution in [2.75, 3.05) is 43.0 Å². The number of piperazine rings is 1. The number of piperidine rings is 1. The molecule has 308 valence electrons. The van der Waals surface area contributed by atoms with Crippen LogP contribution in [0.5, 0.6) is 0 Å². The summed E-state index contributed by atoms with van der Waals surface area (Å²) in [5, 5.41) is 14.5. The largest absolute Gasteiger partial charge is 0.417 e. The summed E-state index contributed by atoms with van der Waals surface area (Å²) in [5.41, 5.74) is -2.18. The molecule has 57 heavy (non-hydrogen) atoms. The van der Waals surface area contributed by atoms with Crippen molar-refractivity contribution < 1.29 is 37.1 Å². The van der Waals surface area contributed by atoms with Crippen LogP contribution in [0.1, 0.15) is 95.4 Å². The van der Waals surface area contributed by atoms with E-state index in [2.05, 4.69) is 39.3 Å². The summed E-state index contributed by atoms with van der Waals surface area (Å²) < 4.78 is 47.5. The SMILES string of the molecule is C[C@@H]1CN(CCCOC2CCC(N3C(S)N(c4ccc(C#N)c(C(F)(F)F)c4)C(=O)C3(C)C)CC2)C[C@H](C)N1CC(=O)Nc1ccc(C2CCC(=O)NC2=O)nc1. The zero-order chi connectivity index (χ0) is 41.2. The smallest absolute Gasteiger partial charge is 0.378 e. The fraction of sp³-hybridized carbons (Fsp3) is 0.600. The van der Waals surface area contributed by atoms with Gasteiger partial charge >= 0.3 is 6.18 Å². The first kappa shape index (κ1) is 42.5. The summed E-state index contributed by atoms with van der Waals surface area (Å²) in [6.45, 7) is 11.1. The number of nitrogens with zero attached hydrogens (tertiary/aromatic N) is 6. The van der Waals surface area contributed by atoms with Gasteiger partial charge in [0.2, 0.25) is 23.6 Å². The minimum Gasteiger partial charge on any atom is -0.378 e. The molecule has 4 aliphatic rings. The molecule has 3 saturated heterocycles. The van der Waals surface area contributed by atoms with Crippen molar-refractivity contribution in [3.05, 3.63) is 53.3 Å². The zero-order valence-corrected chi connectivity index (χ0v) is 33.6. The molecule has 1 aliphatic carbocycles. The Kier molecular flexibility index (Phi) is 13.0. The van der Waals surface area contributed by atoms with Gasteiger partial charge in [-0.3, -0.25) is 44.2 Å². The molecule has 1 aromatic carbocycles. The number of rotatable bonds is 11. The van der Waals surface area contributed by atoms with Crippen LogP contribution >= 0.6 is 12.6 Å². The Morgan fingerprint density at radius 3 is 2.39 bits per heavy atom. The van der Waals surface area contributed by atoms with E-state index in [1.165, 1.54) is 17.2 Å². The van der Waals surface area contributed by atoms with Gasteiger partial charge in [-0.2, -0.15) is 18.4 Å². The maximum absolute atomic E-state index is 13.7. The lowest BCUT2D eigenvalue weighted by atomic mass is 9.89. The number of pyridine rings is 1. The zero-order valence-electron chi connectivity index (χ0n) is 32.7. The number of halogens is 3.